The average Bonchev–Trinajstić information content (AvgIpc) is 3.16. The summed E-state index contributed by atoms with van der Waals surface area (Å²) in [6.45, 7) is 0.262. The molecule has 3 heterocycles. The molecular formula is C12H10N6O3. The van der Waals surface area contributed by atoms with E-state index in [9.17, 15) is 10.1 Å². The fraction of sp³-hybridized carbons (Fsp3) is 0.0833. The standard InChI is InChI=1S/C12H10N6O3/c19-18(20)9-6-13-4-3-8(9)14-7-11-15-12(17-16-11)10-2-1-5-21-10/h1-6H,7H2,(H,13,14)(H,15,16,17). The van der Waals surface area contributed by atoms with Crippen LogP contribution in [0.4, 0.5) is 11.4 Å². The van der Waals surface area contributed by atoms with E-state index in [1.165, 1.54) is 24.7 Å². The maximum atomic E-state index is 10.9. The lowest BCUT2D eigenvalue weighted by molar-refractivity contribution is -0.384. The summed E-state index contributed by atoms with van der Waals surface area (Å²) in [7, 11) is 0. The van der Waals surface area contributed by atoms with Crippen molar-refractivity contribution in [1.29, 1.82) is 0 Å². The topological polar surface area (TPSA) is 123 Å². The number of rotatable bonds is 5. The molecule has 0 aliphatic carbocycles. The van der Waals surface area contributed by atoms with Crippen LogP contribution in [0.1, 0.15) is 5.82 Å². The van der Waals surface area contributed by atoms with Crippen LogP contribution in [-0.4, -0.2) is 25.1 Å². The van der Waals surface area contributed by atoms with Crippen molar-refractivity contribution in [3.63, 3.8) is 0 Å². The highest BCUT2D eigenvalue weighted by molar-refractivity contribution is 5.59. The lowest BCUT2D eigenvalue weighted by Gasteiger charge is -2.03. The van der Waals surface area contributed by atoms with Crippen LogP contribution >= 0.6 is 0 Å². The van der Waals surface area contributed by atoms with Crippen LogP contribution in [0.25, 0.3) is 11.6 Å². The van der Waals surface area contributed by atoms with Gasteiger partial charge in [0.1, 0.15) is 17.7 Å². The molecule has 0 aromatic carbocycles. The van der Waals surface area contributed by atoms with Gasteiger partial charge >= 0.3 is 5.69 Å². The van der Waals surface area contributed by atoms with Crippen molar-refractivity contribution < 1.29 is 9.34 Å². The van der Waals surface area contributed by atoms with Crippen LogP contribution in [0.2, 0.25) is 0 Å². The van der Waals surface area contributed by atoms with E-state index >= 15 is 0 Å². The minimum absolute atomic E-state index is 0.0942. The number of anilines is 1. The van der Waals surface area contributed by atoms with Crippen molar-refractivity contribution in [2.45, 2.75) is 6.54 Å². The summed E-state index contributed by atoms with van der Waals surface area (Å²) in [5.41, 5.74) is 0.272. The maximum absolute atomic E-state index is 10.9. The first kappa shape index (κ1) is 12.8. The smallest absolute Gasteiger partial charge is 0.310 e. The number of aromatic amines is 1. The Kier molecular flexibility index (Phi) is 3.29. The quantitative estimate of drug-likeness (QED) is 0.543. The first-order valence-electron chi connectivity index (χ1n) is 6.01. The average molecular weight is 286 g/mol. The van der Waals surface area contributed by atoms with Crippen LogP contribution < -0.4 is 5.32 Å². The van der Waals surface area contributed by atoms with Crippen LogP contribution in [0.3, 0.4) is 0 Å². The molecule has 9 nitrogen and oxygen atoms in total. The summed E-state index contributed by atoms with van der Waals surface area (Å²) in [5, 5.41) is 20.5. The summed E-state index contributed by atoms with van der Waals surface area (Å²) < 4.78 is 5.18. The number of aromatic nitrogens is 4. The molecule has 21 heavy (non-hydrogen) atoms. The van der Waals surface area contributed by atoms with Gasteiger partial charge in [-0.3, -0.25) is 20.2 Å². The van der Waals surface area contributed by atoms with Gasteiger partial charge in [-0.1, -0.05) is 0 Å². The second kappa shape index (κ2) is 5.41. The second-order valence-corrected chi connectivity index (χ2v) is 4.09. The van der Waals surface area contributed by atoms with E-state index in [2.05, 4.69) is 25.5 Å². The van der Waals surface area contributed by atoms with Gasteiger partial charge in [0, 0.05) is 6.20 Å². The van der Waals surface area contributed by atoms with Gasteiger partial charge in [-0.25, -0.2) is 4.98 Å². The predicted octanol–water partition coefficient (Wildman–Crippen LogP) is 1.98. The maximum Gasteiger partial charge on any atom is 0.310 e. The monoisotopic (exact) mass is 286 g/mol. The van der Waals surface area contributed by atoms with Crippen LogP contribution in [0.15, 0.2) is 41.3 Å². The summed E-state index contributed by atoms with van der Waals surface area (Å²) in [4.78, 5) is 18.3. The Morgan fingerprint density at radius 1 is 1.43 bits per heavy atom. The van der Waals surface area contributed by atoms with Crippen LogP contribution in [-0.2, 0) is 6.54 Å². The Balaban J connectivity index is 1.73. The van der Waals surface area contributed by atoms with E-state index in [1.54, 1.807) is 12.1 Å². The molecule has 3 aromatic heterocycles. The minimum Gasteiger partial charge on any atom is -0.461 e. The van der Waals surface area contributed by atoms with E-state index in [0.29, 0.717) is 23.1 Å². The highest BCUT2D eigenvalue weighted by atomic mass is 16.6. The van der Waals surface area contributed by atoms with Crippen molar-refractivity contribution in [1.82, 2.24) is 20.2 Å². The summed E-state index contributed by atoms with van der Waals surface area (Å²) in [6.07, 6.45) is 4.20. The molecular weight excluding hydrogens is 276 g/mol. The van der Waals surface area contributed by atoms with Gasteiger partial charge in [0.15, 0.2) is 5.76 Å². The van der Waals surface area contributed by atoms with E-state index < -0.39 is 4.92 Å². The van der Waals surface area contributed by atoms with E-state index in [0.717, 1.165) is 0 Å². The first-order chi connectivity index (χ1) is 10.2. The fourth-order valence-corrected chi connectivity index (χ4v) is 1.75. The van der Waals surface area contributed by atoms with Crippen LogP contribution in [0.5, 0.6) is 0 Å². The van der Waals surface area contributed by atoms with Crippen molar-refractivity contribution in [3.05, 3.63) is 52.8 Å². The molecule has 106 valence electrons. The van der Waals surface area contributed by atoms with Crippen molar-refractivity contribution >= 4 is 11.4 Å². The zero-order valence-electron chi connectivity index (χ0n) is 10.7. The van der Waals surface area contributed by atoms with Gasteiger partial charge in [-0.2, -0.15) is 0 Å². The second-order valence-electron chi connectivity index (χ2n) is 4.09. The number of nitro groups is 1. The van der Waals surface area contributed by atoms with Gasteiger partial charge < -0.3 is 9.73 Å². The number of H-pyrrole nitrogens is 1. The minimum atomic E-state index is -0.496. The van der Waals surface area contributed by atoms with Gasteiger partial charge in [0.2, 0.25) is 5.82 Å². The Morgan fingerprint density at radius 2 is 2.33 bits per heavy atom. The Bertz CT molecular complexity index is 752. The Labute approximate surface area is 118 Å². The molecule has 0 spiro atoms. The SMILES string of the molecule is O=[N+]([O-])c1cnccc1NCc1nc(-c2ccco2)n[nH]1. The molecule has 0 fully saturated rings. The lowest BCUT2D eigenvalue weighted by atomic mass is 10.3. The molecule has 0 saturated heterocycles. The normalized spacial score (nSPS) is 10.5. The largest absolute Gasteiger partial charge is 0.461 e. The molecule has 3 rings (SSSR count). The molecule has 0 radical (unpaired) electrons. The third-order valence-corrected chi connectivity index (χ3v) is 2.72. The number of nitrogens with zero attached hydrogens (tertiary/aromatic N) is 4. The van der Waals surface area contributed by atoms with E-state index in [4.69, 9.17) is 4.42 Å². The molecule has 3 aromatic rings. The molecule has 0 amide bonds. The highest BCUT2D eigenvalue weighted by Gasteiger charge is 2.14. The zero-order valence-corrected chi connectivity index (χ0v) is 10.7. The van der Waals surface area contributed by atoms with Crippen LogP contribution in [0, 0.1) is 10.1 Å². The van der Waals surface area contributed by atoms with Gasteiger partial charge in [0.05, 0.1) is 17.7 Å². The number of nitrogens with one attached hydrogen (secondary N) is 2. The molecule has 0 saturated carbocycles. The Hall–Kier alpha value is -3.23. The highest BCUT2D eigenvalue weighted by Crippen LogP contribution is 2.22. The van der Waals surface area contributed by atoms with Gasteiger partial charge in [0.25, 0.3) is 0 Å². The number of furan rings is 1. The van der Waals surface area contributed by atoms with Crippen molar-refractivity contribution in [2.75, 3.05) is 5.32 Å². The van der Waals surface area contributed by atoms with Crippen molar-refractivity contribution in [2.24, 2.45) is 0 Å². The number of hydrogen-bond acceptors (Lipinski definition) is 7. The molecule has 2 N–H and O–H groups in total. The fourth-order valence-electron chi connectivity index (χ4n) is 1.75. The third kappa shape index (κ3) is 2.71. The molecule has 0 aliphatic heterocycles. The molecule has 0 bridgehead atoms. The number of pyridine rings is 1. The molecule has 0 atom stereocenters. The molecule has 0 aliphatic rings. The van der Waals surface area contributed by atoms with Crippen molar-refractivity contribution in [3.8, 4) is 11.6 Å². The zero-order chi connectivity index (χ0) is 14.7. The number of hydrogen-bond donors (Lipinski definition) is 2. The molecule has 9 heteroatoms. The predicted molar refractivity (Wildman–Crippen MR) is 72.3 cm³/mol. The van der Waals surface area contributed by atoms with E-state index in [-0.39, 0.29) is 12.2 Å². The third-order valence-electron chi connectivity index (χ3n) is 2.72. The summed E-state index contributed by atoms with van der Waals surface area (Å²) in [6, 6.07) is 5.01. The molecule has 0 unspecified atom stereocenters. The summed E-state index contributed by atoms with van der Waals surface area (Å²) in [5.74, 6) is 1.51. The summed E-state index contributed by atoms with van der Waals surface area (Å²) >= 11 is 0. The van der Waals surface area contributed by atoms with Gasteiger partial charge in [-0.15, -0.1) is 5.10 Å². The van der Waals surface area contributed by atoms with Gasteiger partial charge in [-0.05, 0) is 18.2 Å². The van der Waals surface area contributed by atoms with E-state index in [1.807, 2.05) is 0 Å². The Morgan fingerprint density at radius 3 is 3.10 bits per heavy atom. The lowest BCUT2D eigenvalue weighted by Crippen LogP contribution is -2.04. The first-order valence-corrected chi connectivity index (χ1v) is 6.01.